The van der Waals surface area contributed by atoms with E-state index in [0.717, 1.165) is 53.9 Å². The lowest BCUT2D eigenvalue weighted by molar-refractivity contribution is 0.375. The van der Waals surface area contributed by atoms with Gasteiger partial charge in [0.25, 0.3) is 0 Å². The third-order valence-electron chi connectivity index (χ3n) is 5.80. The molecule has 0 spiro atoms. The molecule has 1 fully saturated rings. The molecule has 3 N–H and O–H groups in total. The molecule has 0 amide bonds. The normalized spacial score (nSPS) is 14.9. The minimum Gasteiger partial charge on any atom is -0.326 e. The highest BCUT2D eigenvalue weighted by molar-refractivity contribution is 6.35. The summed E-state index contributed by atoms with van der Waals surface area (Å²) in [5.41, 5.74) is 4.93. The highest BCUT2D eigenvalue weighted by Crippen LogP contribution is 2.31. The van der Waals surface area contributed by atoms with Crippen molar-refractivity contribution >= 4 is 45.4 Å². The van der Waals surface area contributed by atoms with Gasteiger partial charge in [-0.05, 0) is 44.1 Å². The SMILES string of the molecule is Clc1cn(C2CCNCC2)c2nc(Nc3cc(-c4ccnc5cccnc45)[nH]n3)cnc12. The maximum Gasteiger partial charge on any atom is 0.162 e. The van der Waals surface area contributed by atoms with E-state index in [2.05, 4.69) is 40.3 Å². The monoisotopic (exact) mass is 445 g/mol. The maximum absolute atomic E-state index is 6.44. The fourth-order valence-corrected chi connectivity index (χ4v) is 4.49. The van der Waals surface area contributed by atoms with Gasteiger partial charge in [-0.25, -0.2) is 9.97 Å². The molecule has 0 unspecified atom stereocenters. The number of aromatic amines is 1. The molecule has 160 valence electrons. The number of rotatable bonds is 4. The summed E-state index contributed by atoms with van der Waals surface area (Å²) in [5.74, 6) is 1.25. The van der Waals surface area contributed by atoms with Crippen LogP contribution < -0.4 is 10.6 Å². The molecule has 6 rings (SSSR count). The van der Waals surface area contributed by atoms with Crippen LogP contribution in [0.1, 0.15) is 18.9 Å². The van der Waals surface area contributed by atoms with Crippen LogP contribution in [-0.2, 0) is 0 Å². The standard InChI is InChI=1S/C22H20ClN9/c23-15-12-32(13-3-7-24-8-4-13)22-21(15)27-11-19(29-22)28-18-10-17(30-31-18)14-5-9-25-16-2-1-6-26-20(14)16/h1-2,5-6,9-13,24H,3-4,7-8H2,(H2,28,29,30,31). The fraction of sp³-hybridized carbons (Fsp3) is 0.227. The molecule has 0 aromatic carbocycles. The van der Waals surface area contributed by atoms with Crippen molar-refractivity contribution in [2.24, 2.45) is 0 Å². The van der Waals surface area contributed by atoms with Gasteiger partial charge in [0.1, 0.15) is 5.52 Å². The number of aromatic nitrogens is 7. The van der Waals surface area contributed by atoms with Crippen molar-refractivity contribution in [1.29, 1.82) is 0 Å². The minimum absolute atomic E-state index is 0.361. The Morgan fingerprint density at radius 2 is 1.94 bits per heavy atom. The molecule has 32 heavy (non-hydrogen) atoms. The van der Waals surface area contributed by atoms with E-state index >= 15 is 0 Å². The lowest BCUT2D eigenvalue weighted by Gasteiger charge is -2.24. The maximum atomic E-state index is 6.44. The van der Waals surface area contributed by atoms with E-state index in [1.165, 1.54) is 0 Å². The third kappa shape index (κ3) is 3.35. The van der Waals surface area contributed by atoms with Crippen LogP contribution in [-0.4, -0.2) is 47.8 Å². The average molecular weight is 446 g/mol. The Morgan fingerprint density at radius 1 is 1.03 bits per heavy atom. The zero-order valence-corrected chi connectivity index (χ0v) is 17.8. The number of hydrogen-bond donors (Lipinski definition) is 3. The van der Waals surface area contributed by atoms with Gasteiger partial charge in [0.15, 0.2) is 17.3 Å². The second-order valence-electron chi connectivity index (χ2n) is 7.81. The second kappa shape index (κ2) is 7.85. The number of nitrogens with one attached hydrogen (secondary N) is 3. The third-order valence-corrected chi connectivity index (χ3v) is 6.08. The quantitative estimate of drug-likeness (QED) is 0.382. The fourth-order valence-electron chi connectivity index (χ4n) is 4.25. The number of anilines is 2. The first-order chi connectivity index (χ1) is 15.8. The highest BCUT2D eigenvalue weighted by Gasteiger charge is 2.20. The van der Waals surface area contributed by atoms with Crippen molar-refractivity contribution in [2.45, 2.75) is 18.9 Å². The van der Waals surface area contributed by atoms with Crippen LogP contribution in [0.25, 0.3) is 33.5 Å². The van der Waals surface area contributed by atoms with Gasteiger partial charge < -0.3 is 15.2 Å². The van der Waals surface area contributed by atoms with E-state index in [9.17, 15) is 0 Å². The van der Waals surface area contributed by atoms with Crippen LogP contribution in [0.2, 0.25) is 5.02 Å². The van der Waals surface area contributed by atoms with Crippen LogP contribution in [0.4, 0.5) is 11.6 Å². The largest absolute Gasteiger partial charge is 0.326 e. The van der Waals surface area contributed by atoms with Crippen molar-refractivity contribution in [3.8, 4) is 11.3 Å². The highest BCUT2D eigenvalue weighted by atomic mass is 35.5. The van der Waals surface area contributed by atoms with Gasteiger partial charge >= 0.3 is 0 Å². The first kappa shape index (κ1) is 19.1. The number of hydrogen-bond acceptors (Lipinski definition) is 7. The molecule has 0 radical (unpaired) electrons. The van der Waals surface area contributed by atoms with Crippen molar-refractivity contribution in [3.63, 3.8) is 0 Å². The summed E-state index contributed by atoms with van der Waals surface area (Å²) >= 11 is 6.44. The molecule has 9 nitrogen and oxygen atoms in total. The van der Waals surface area contributed by atoms with E-state index in [1.54, 1.807) is 18.6 Å². The molecule has 0 aliphatic carbocycles. The Balaban J connectivity index is 1.32. The van der Waals surface area contributed by atoms with Gasteiger partial charge in [0.05, 0.1) is 27.9 Å². The summed E-state index contributed by atoms with van der Waals surface area (Å²) in [5, 5.41) is 14.7. The van der Waals surface area contributed by atoms with Crippen LogP contribution in [0, 0.1) is 0 Å². The summed E-state index contributed by atoms with van der Waals surface area (Å²) in [6, 6.07) is 8.02. The number of piperidine rings is 1. The first-order valence-corrected chi connectivity index (χ1v) is 10.9. The predicted molar refractivity (Wildman–Crippen MR) is 124 cm³/mol. The predicted octanol–water partition coefficient (Wildman–Crippen LogP) is 4.09. The van der Waals surface area contributed by atoms with E-state index in [1.807, 2.05) is 30.5 Å². The van der Waals surface area contributed by atoms with Gasteiger partial charge in [0, 0.05) is 36.3 Å². The molecule has 6 heterocycles. The van der Waals surface area contributed by atoms with Crippen molar-refractivity contribution in [1.82, 2.24) is 40.0 Å². The molecular formula is C22H20ClN9. The Bertz CT molecular complexity index is 1410. The van der Waals surface area contributed by atoms with Gasteiger partial charge in [-0.2, -0.15) is 5.10 Å². The summed E-state index contributed by atoms with van der Waals surface area (Å²) in [4.78, 5) is 18.2. The Kier molecular flexibility index (Phi) is 4.70. The zero-order valence-electron chi connectivity index (χ0n) is 17.1. The zero-order chi connectivity index (χ0) is 21.5. The first-order valence-electron chi connectivity index (χ1n) is 10.5. The molecule has 0 bridgehead atoms. The molecule has 1 aliphatic rings. The van der Waals surface area contributed by atoms with Crippen molar-refractivity contribution in [2.75, 3.05) is 18.4 Å². The molecule has 10 heteroatoms. The lowest BCUT2D eigenvalue weighted by atomic mass is 10.1. The topological polar surface area (TPSA) is 109 Å². The summed E-state index contributed by atoms with van der Waals surface area (Å²) < 4.78 is 2.15. The van der Waals surface area contributed by atoms with Crippen molar-refractivity contribution in [3.05, 3.63) is 54.1 Å². The summed E-state index contributed by atoms with van der Waals surface area (Å²) in [6.45, 7) is 1.98. The minimum atomic E-state index is 0.361. The Labute approximate surface area is 188 Å². The van der Waals surface area contributed by atoms with Gasteiger partial charge in [-0.15, -0.1) is 0 Å². The Morgan fingerprint density at radius 3 is 2.84 bits per heavy atom. The molecule has 1 aliphatic heterocycles. The van der Waals surface area contributed by atoms with Crippen LogP contribution in [0.15, 0.2) is 49.1 Å². The van der Waals surface area contributed by atoms with Crippen LogP contribution >= 0.6 is 11.6 Å². The molecule has 5 aromatic rings. The molecule has 5 aromatic heterocycles. The number of halogens is 1. The number of pyridine rings is 2. The smallest absolute Gasteiger partial charge is 0.162 e. The lowest BCUT2D eigenvalue weighted by Crippen LogP contribution is -2.29. The average Bonchev–Trinajstić information content (AvgIpc) is 3.43. The van der Waals surface area contributed by atoms with Gasteiger partial charge in [-0.1, -0.05) is 11.6 Å². The number of H-pyrrole nitrogens is 1. The van der Waals surface area contributed by atoms with Crippen LogP contribution in [0.3, 0.4) is 0 Å². The molecule has 1 saturated heterocycles. The number of fused-ring (bicyclic) bond motifs is 2. The van der Waals surface area contributed by atoms with E-state index in [0.29, 0.717) is 28.2 Å². The van der Waals surface area contributed by atoms with E-state index in [4.69, 9.17) is 16.6 Å². The van der Waals surface area contributed by atoms with Gasteiger partial charge in [0.2, 0.25) is 0 Å². The number of nitrogens with zero attached hydrogens (tertiary/aromatic N) is 6. The van der Waals surface area contributed by atoms with Gasteiger partial charge in [-0.3, -0.25) is 15.1 Å². The second-order valence-corrected chi connectivity index (χ2v) is 8.22. The van der Waals surface area contributed by atoms with Crippen molar-refractivity contribution < 1.29 is 0 Å². The molecular weight excluding hydrogens is 426 g/mol. The summed E-state index contributed by atoms with van der Waals surface area (Å²) in [7, 11) is 0. The van der Waals surface area contributed by atoms with E-state index < -0.39 is 0 Å². The molecule has 0 saturated carbocycles. The van der Waals surface area contributed by atoms with E-state index in [-0.39, 0.29) is 0 Å². The van der Waals surface area contributed by atoms with Crippen LogP contribution in [0.5, 0.6) is 0 Å². The summed E-state index contributed by atoms with van der Waals surface area (Å²) in [6.07, 6.45) is 9.23. The molecule has 0 atom stereocenters. The Hall–Kier alpha value is -3.56.